The van der Waals surface area contributed by atoms with Crippen molar-refractivity contribution < 1.29 is 9.50 Å². The minimum Gasteiger partial charge on any atom is -0.385 e. The van der Waals surface area contributed by atoms with Gasteiger partial charge in [-0.3, -0.25) is 0 Å². The Hall–Kier alpha value is -2.54. The summed E-state index contributed by atoms with van der Waals surface area (Å²) in [7, 11) is 1.89. The van der Waals surface area contributed by atoms with Gasteiger partial charge < -0.3 is 14.6 Å². The molecule has 0 bridgehead atoms. The van der Waals surface area contributed by atoms with Crippen LogP contribution in [0.2, 0.25) is 0 Å². The summed E-state index contributed by atoms with van der Waals surface area (Å²) in [5.41, 5.74) is 0.611. The van der Waals surface area contributed by atoms with Crippen LogP contribution in [0, 0.1) is 11.7 Å². The molecule has 0 aliphatic carbocycles. The van der Waals surface area contributed by atoms with Gasteiger partial charge in [-0.1, -0.05) is 6.07 Å². The highest BCUT2D eigenvalue weighted by Crippen LogP contribution is 2.33. The Morgan fingerprint density at radius 3 is 2.72 bits per heavy atom. The van der Waals surface area contributed by atoms with Gasteiger partial charge in [-0.2, -0.15) is 0 Å². The number of benzene rings is 1. The molecule has 2 aromatic heterocycles. The highest BCUT2D eigenvalue weighted by atomic mass is 19.1. The van der Waals surface area contributed by atoms with Gasteiger partial charge in [0.05, 0.1) is 10.9 Å². The van der Waals surface area contributed by atoms with Gasteiger partial charge in [-0.15, -0.1) is 0 Å². The first-order valence-electron chi connectivity index (χ1n) is 8.44. The molecule has 4 rings (SSSR count). The van der Waals surface area contributed by atoms with E-state index in [1.54, 1.807) is 18.3 Å². The number of anilines is 1. The topological polar surface area (TPSA) is 67.1 Å². The van der Waals surface area contributed by atoms with Gasteiger partial charge in [0.2, 0.25) is 0 Å². The lowest BCUT2D eigenvalue weighted by atomic mass is 9.90. The quantitative estimate of drug-likeness (QED) is 0.793. The molecular formula is C18H20FN5O. The molecule has 1 aliphatic rings. The maximum Gasteiger partial charge on any atom is 0.142 e. The standard InChI is InChI=1S/C18H20FN5O/c1-23-10-7-20-18(23)16(25)12-5-8-24(9-6-12)17-15-13(19)3-2-4-14(15)21-11-22-17/h2-4,7,10-12,16,25H,5-6,8-9H2,1H3. The van der Waals surface area contributed by atoms with Crippen LogP contribution in [-0.2, 0) is 7.05 Å². The molecule has 1 aliphatic heterocycles. The molecule has 0 saturated carbocycles. The highest BCUT2D eigenvalue weighted by molar-refractivity contribution is 5.89. The lowest BCUT2D eigenvalue weighted by Crippen LogP contribution is -2.36. The van der Waals surface area contributed by atoms with Crippen molar-refractivity contribution in [1.29, 1.82) is 0 Å². The first-order chi connectivity index (χ1) is 12.1. The van der Waals surface area contributed by atoms with E-state index in [1.165, 1.54) is 12.4 Å². The summed E-state index contributed by atoms with van der Waals surface area (Å²) < 4.78 is 16.1. The number of aliphatic hydroxyl groups excluding tert-OH is 1. The van der Waals surface area contributed by atoms with Crippen LogP contribution in [-0.4, -0.2) is 37.7 Å². The molecule has 7 heteroatoms. The predicted molar refractivity (Wildman–Crippen MR) is 92.6 cm³/mol. The maximum absolute atomic E-state index is 14.3. The van der Waals surface area contributed by atoms with Gasteiger partial charge in [0.15, 0.2) is 0 Å². The number of aryl methyl sites for hydroxylation is 1. The zero-order valence-corrected chi connectivity index (χ0v) is 14.0. The van der Waals surface area contributed by atoms with Gasteiger partial charge >= 0.3 is 0 Å². The second-order valence-electron chi connectivity index (χ2n) is 6.50. The molecule has 1 atom stereocenters. The Morgan fingerprint density at radius 1 is 1.20 bits per heavy atom. The fourth-order valence-corrected chi connectivity index (χ4v) is 3.59. The van der Waals surface area contributed by atoms with Crippen molar-refractivity contribution in [3.63, 3.8) is 0 Å². The second kappa shape index (κ2) is 6.40. The fraction of sp³-hybridized carbons (Fsp3) is 0.389. The number of halogens is 1. The number of hydrogen-bond donors (Lipinski definition) is 1. The zero-order valence-electron chi connectivity index (χ0n) is 14.0. The molecule has 6 nitrogen and oxygen atoms in total. The third-order valence-corrected chi connectivity index (χ3v) is 5.00. The van der Waals surface area contributed by atoms with Gasteiger partial charge in [-0.25, -0.2) is 19.3 Å². The number of rotatable bonds is 3. The maximum atomic E-state index is 14.3. The monoisotopic (exact) mass is 341 g/mol. The molecule has 1 fully saturated rings. The Kier molecular flexibility index (Phi) is 4.09. The van der Waals surface area contributed by atoms with E-state index in [0.717, 1.165) is 12.8 Å². The Balaban J connectivity index is 1.54. The molecule has 25 heavy (non-hydrogen) atoms. The fourth-order valence-electron chi connectivity index (χ4n) is 3.59. The van der Waals surface area contributed by atoms with Crippen molar-refractivity contribution in [1.82, 2.24) is 19.5 Å². The lowest BCUT2D eigenvalue weighted by molar-refractivity contribution is 0.0824. The number of fused-ring (bicyclic) bond motifs is 1. The summed E-state index contributed by atoms with van der Waals surface area (Å²) in [6, 6.07) is 4.89. The summed E-state index contributed by atoms with van der Waals surface area (Å²) in [4.78, 5) is 14.8. The van der Waals surface area contributed by atoms with E-state index in [-0.39, 0.29) is 11.7 Å². The summed E-state index contributed by atoms with van der Waals surface area (Å²) in [5.74, 6) is 1.16. The molecule has 0 radical (unpaired) electrons. The Bertz CT molecular complexity index is 883. The minimum atomic E-state index is -0.582. The molecule has 0 spiro atoms. The van der Waals surface area contributed by atoms with E-state index in [2.05, 4.69) is 19.9 Å². The number of hydrogen-bond acceptors (Lipinski definition) is 5. The van der Waals surface area contributed by atoms with Crippen LogP contribution in [0.25, 0.3) is 10.9 Å². The summed E-state index contributed by atoms with van der Waals surface area (Å²) in [5, 5.41) is 11.1. The van der Waals surface area contributed by atoms with Crippen molar-refractivity contribution in [2.75, 3.05) is 18.0 Å². The molecule has 1 saturated heterocycles. The molecule has 3 heterocycles. The van der Waals surface area contributed by atoms with E-state index in [0.29, 0.717) is 35.6 Å². The molecule has 1 aromatic carbocycles. The minimum absolute atomic E-state index is 0.135. The third-order valence-electron chi connectivity index (χ3n) is 5.00. The molecule has 3 aromatic rings. The predicted octanol–water partition coefficient (Wildman–Crippen LogP) is 2.45. The van der Waals surface area contributed by atoms with Crippen molar-refractivity contribution in [3.05, 3.63) is 48.6 Å². The zero-order chi connectivity index (χ0) is 17.4. The molecule has 130 valence electrons. The normalized spacial score (nSPS) is 17.2. The van der Waals surface area contributed by atoms with Crippen LogP contribution in [0.1, 0.15) is 24.8 Å². The van der Waals surface area contributed by atoms with E-state index in [1.807, 2.05) is 17.8 Å². The largest absolute Gasteiger partial charge is 0.385 e. The molecular weight excluding hydrogens is 321 g/mol. The third kappa shape index (κ3) is 2.84. The Morgan fingerprint density at radius 2 is 2.00 bits per heavy atom. The van der Waals surface area contributed by atoms with Crippen molar-refractivity contribution in [2.24, 2.45) is 13.0 Å². The smallest absolute Gasteiger partial charge is 0.142 e. The van der Waals surface area contributed by atoms with Gasteiger partial charge in [0, 0.05) is 32.5 Å². The number of piperidine rings is 1. The summed E-state index contributed by atoms with van der Waals surface area (Å²) in [6.45, 7) is 1.43. The number of imidazole rings is 1. The SMILES string of the molecule is Cn1ccnc1C(O)C1CCN(c2ncnc3cccc(F)c23)CC1. The van der Waals surface area contributed by atoms with Gasteiger partial charge in [0.1, 0.15) is 29.9 Å². The highest BCUT2D eigenvalue weighted by Gasteiger charge is 2.29. The molecule has 1 unspecified atom stereocenters. The van der Waals surface area contributed by atoms with Crippen LogP contribution in [0.4, 0.5) is 10.2 Å². The second-order valence-corrected chi connectivity index (χ2v) is 6.50. The summed E-state index contributed by atoms with van der Waals surface area (Å²) >= 11 is 0. The van der Waals surface area contributed by atoms with E-state index in [9.17, 15) is 9.50 Å². The van der Waals surface area contributed by atoms with E-state index in [4.69, 9.17) is 0 Å². The molecule has 0 amide bonds. The van der Waals surface area contributed by atoms with Crippen LogP contribution < -0.4 is 4.90 Å². The Labute approximate surface area is 145 Å². The van der Waals surface area contributed by atoms with Gasteiger partial charge in [0.25, 0.3) is 0 Å². The van der Waals surface area contributed by atoms with Crippen LogP contribution in [0.15, 0.2) is 36.9 Å². The van der Waals surface area contributed by atoms with Crippen molar-refractivity contribution in [3.8, 4) is 0 Å². The van der Waals surface area contributed by atoms with E-state index < -0.39 is 6.10 Å². The van der Waals surface area contributed by atoms with Crippen molar-refractivity contribution >= 4 is 16.7 Å². The first-order valence-corrected chi connectivity index (χ1v) is 8.44. The average Bonchev–Trinajstić information content (AvgIpc) is 3.07. The van der Waals surface area contributed by atoms with Gasteiger partial charge in [-0.05, 0) is 30.9 Å². The average molecular weight is 341 g/mol. The number of nitrogens with zero attached hydrogens (tertiary/aromatic N) is 5. The number of aromatic nitrogens is 4. The van der Waals surface area contributed by atoms with Crippen LogP contribution in [0.5, 0.6) is 0 Å². The van der Waals surface area contributed by atoms with Crippen LogP contribution in [0.3, 0.4) is 0 Å². The van der Waals surface area contributed by atoms with E-state index >= 15 is 0 Å². The number of aliphatic hydroxyl groups is 1. The lowest BCUT2D eigenvalue weighted by Gasteiger charge is -2.35. The van der Waals surface area contributed by atoms with Crippen LogP contribution >= 0.6 is 0 Å². The molecule has 1 N–H and O–H groups in total. The summed E-state index contributed by atoms with van der Waals surface area (Å²) in [6.07, 6.45) is 6.03. The first kappa shape index (κ1) is 16.0. The van der Waals surface area contributed by atoms with Crippen molar-refractivity contribution in [2.45, 2.75) is 18.9 Å².